The summed E-state index contributed by atoms with van der Waals surface area (Å²) in [5.41, 5.74) is -1.71. The molecular weight excluding hydrogens is 296 g/mol. The Morgan fingerprint density at radius 2 is 1.52 bits per heavy atom. The van der Waals surface area contributed by atoms with E-state index in [0.29, 0.717) is 10.3 Å². The Labute approximate surface area is 135 Å². The summed E-state index contributed by atoms with van der Waals surface area (Å²) in [6.45, 7) is 12.4. The minimum absolute atomic E-state index is 0.0115. The number of nitrogens with zero attached hydrogens (tertiary/aromatic N) is 2. The molecule has 0 aromatic heterocycles. The van der Waals surface area contributed by atoms with Crippen molar-refractivity contribution in [3.05, 3.63) is 28.2 Å². The molecule has 1 aliphatic carbocycles. The van der Waals surface area contributed by atoms with Crippen molar-refractivity contribution in [1.29, 1.82) is 0 Å². The summed E-state index contributed by atoms with van der Waals surface area (Å²) in [6.07, 6.45) is 2.66. The molecule has 0 unspecified atom stereocenters. The molecular formula is C17H24N2O4+2. The van der Waals surface area contributed by atoms with Gasteiger partial charge in [0.25, 0.3) is 11.1 Å². The van der Waals surface area contributed by atoms with E-state index in [9.17, 15) is 19.7 Å². The zero-order valence-corrected chi connectivity index (χ0v) is 14.7. The molecule has 0 spiro atoms. The van der Waals surface area contributed by atoms with Gasteiger partial charge in [0.2, 0.25) is 11.6 Å². The fraction of sp³-hybridized carbons (Fsp3) is 0.588. The molecule has 1 heterocycles. The Balaban J connectivity index is 2.68. The standard InChI is InChI=1S/C17H24N2O4/c1-15(2,3)11-8-10(9-12(20)13(11)21)14-18(22)16(4,5)17(6,7)19(14)23/h8-9,22H,1-7H3/q+2. The van der Waals surface area contributed by atoms with Crippen molar-refractivity contribution in [1.82, 2.24) is 0 Å². The third-order valence-electron chi connectivity index (χ3n) is 5.05. The van der Waals surface area contributed by atoms with Gasteiger partial charge in [-0.2, -0.15) is 0 Å². The fourth-order valence-corrected chi connectivity index (χ4v) is 2.65. The molecule has 1 aliphatic heterocycles. The van der Waals surface area contributed by atoms with Gasteiger partial charge in [-0.1, -0.05) is 20.8 Å². The lowest BCUT2D eigenvalue weighted by Crippen LogP contribution is -2.51. The number of nitroso groups, excluding NO2 is 1. The number of hydroxylamine groups is 1. The summed E-state index contributed by atoms with van der Waals surface area (Å²) in [5, 5.41) is 10.5. The van der Waals surface area contributed by atoms with Crippen molar-refractivity contribution in [3.8, 4) is 0 Å². The molecule has 6 heteroatoms. The summed E-state index contributed by atoms with van der Waals surface area (Å²) < 4.78 is 1.60. The lowest BCUT2D eigenvalue weighted by Gasteiger charge is -2.22. The SMILES string of the molecule is CC(C)(C)C1=CC(C2=[N+](O)C(C)(C)C(C)(C)[N+]2=O)=CC(=O)C1=O. The maximum atomic E-state index is 12.7. The smallest absolute Gasteiger partial charge is 0.286 e. The molecule has 1 N–H and O–H groups in total. The van der Waals surface area contributed by atoms with Crippen molar-refractivity contribution in [2.24, 2.45) is 5.41 Å². The van der Waals surface area contributed by atoms with Crippen LogP contribution in [-0.2, 0) is 9.59 Å². The number of hydrogen-bond acceptors (Lipinski definition) is 4. The lowest BCUT2D eigenvalue weighted by molar-refractivity contribution is -0.820. The molecule has 0 saturated heterocycles. The van der Waals surface area contributed by atoms with Crippen LogP contribution in [0.25, 0.3) is 0 Å². The van der Waals surface area contributed by atoms with Crippen LogP contribution in [0.5, 0.6) is 0 Å². The molecule has 0 fully saturated rings. The van der Waals surface area contributed by atoms with E-state index in [1.54, 1.807) is 27.7 Å². The minimum atomic E-state index is -0.905. The van der Waals surface area contributed by atoms with Crippen LogP contribution in [0.4, 0.5) is 0 Å². The minimum Gasteiger partial charge on any atom is -0.286 e. The average molecular weight is 320 g/mol. The Morgan fingerprint density at radius 3 is 1.91 bits per heavy atom. The third kappa shape index (κ3) is 2.28. The van der Waals surface area contributed by atoms with Crippen LogP contribution >= 0.6 is 0 Å². The number of rotatable bonds is 1. The first-order chi connectivity index (χ1) is 10.2. The molecule has 0 atom stereocenters. The number of amidine groups is 1. The number of allylic oxidation sites excluding steroid dienone is 2. The van der Waals surface area contributed by atoms with Crippen molar-refractivity contribution in [2.75, 3.05) is 0 Å². The monoisotopic (exact) mass is 320 g/mol. The second-order valence-electron chi connectivity index (χ2n) is 8.15. The van der Waals surface area contributed by atoms with E-state index in [-0.39, 0.29) is 11.4 Å². The number of hydrogen-bond donors (Lipinski definition) is 1. The predicted octanol–water partition coefficient (Wildman–Crippen LogP) is 2.19. The molecule has 0 aromatic carbocycles. The maximum Gasteiger partial charge on any atom is 0.540 e. The molecule has 0 bridgehead atoms. The number of Topliss-reactive ketones (excluding diaryl/α,β-unsaturated/α-hetero) is 1. The number of carbonyl (C=O) groups is 2. The molecule has 6 nitrogen and oxygen atoms in total. The van der Waals surface area contributed by atoms with Crippen LogP contribution in [0.15, 0.2) is 23.3 Å². The van der Waals surface area contributed by atoms with E-state index in [0.717, 1.165) is 10.8 Å². The molecule has 0 radical (unpaired) electrons. The van der Waals surface area contributed by atoms with E-state index in [4.69, 9.17) is 0 Å². The van der Waals surface area contributed by atoms with Crippen LogP contribution in [0, 0.1) is 10.3 Å². The molecule has 2 aliphatic rings. The zero-order chi connectivity index (χ0) is 18.0. The second-order valence-corrected chi connectivity index (χ2v) is 8.15. The molecule has 124 valence electrons. The first-order valence-electron chi connectivity index (χ1n) is 7.59. The van der Waals surface area contributed by atoms with Crippen molar-refractivity contribution in [3.63, 3.8) is 0 Å². The highest BCUT2D eigenvalue weighted by molar-refractivity contribution is 6.49. The molecule has 0 saturated carbocycles. The second kappa shape index (κ2) is 4.69. The van der Waals surface area contributed by atoms with Crippen LogP contribution in [0.2, 0.25) is 0 Å². The van der Waals surface area contributed by atoms with Crippen molar-refractivity contribution in [2.45, 2.75) is 59.5 Å². The summed E-state index contributed by atoms with van der Waals surface area (Å²) in [6, 6.07) is 0. The van der Waals surface area contributed by atoms with Gasteiger partial charge in [0.05, 0.1) is 4.74 Å². The van der Waals surface area contributed by atoms with Gasteiger partial charge in [0.1, 0.15) is 10.3 Å². The van der Waals surface area contributed by atoms with Gasteiger partial charge in [-0.25, -0.2) is 0 Å². The summed E-state index contributed by atoms with van der Waals surface area (Å²) >= 11 is 0. The van der Waals surface area contributed by atoms with Gasteiger partial charge in [0, 0.05) is 44.3 Å². The predicted molar refractivity (Wildman–Crippen MR) is 84.5 cm³/mol. The molecule has 0 aromatic rings. The van der Waals surface area contributed by atoms with Gasteiger partial charge in [0.15, 0.2) is 0 Å². The summed E-state index contributed by atoms with van der Waals surface area (Å²) in [7, 11) is 0. The normalized spacial score (nSPS) is 24.0. The highest BCUT2D eigenvalue weighted by atomic mass is 16.5. The average Bonchev–Trinajstić information content (AvgIpc) is 2.51. The summed E-state index contributed by atoms with van der Waals surface area (Å²) in [5.74, 6) is -1.26. The Hall–Kier alpha value is -2.11. The van der Waals surface area contributed by atoms with Crippen LogP contribution in [0.3, 0.4) is 0 Å². The van der Waals surface area contributed by atoms with E-state index >= 15 is 0 Å². The quantitative estimate of drug-likeness (QED) is 0.348. The molecule has 2 rings (SSSR count). The third-order valence-corrected chi connectivity index (χ3v) is 5.05. The Morgan fingerprint density at radius 1 is 1.00 bits per heavy atom. The van der Waals surface area contributed by atoms with Crippen LogP contribution < -0.4 is 0 Å². The van der Waals surface area contributed by atoms with Gasteiger partial charge in [-0.05, 0) is 11.5 Å². The van der Waals surface area contributed by atoms with Gasteiger partial charge >= 0.3 is 5.84 Å². The molecule has 0 amide bonds. The fourth-order valence-electron chi connectivity index (χ4n) is 2.65. The van der Waals surface area contributed by atoms with Gasteiger partial charge in [-0.3, -0.25) is 14.8 Å². The highest BCUT2D eigenvalue weighted by Crippen LogP contribution is 2.37. The lowest BCUT2D eigenvalue weighted by atomic mass is 9.79. The topological polar surface area (TPSA) is 77.5 Å². The van der Waals surface area contributed by atoms with Gasteiger partial charge < -0.3 is 0 Å². The zero-order valence-electron chi connectivity index (χ0n) is 14.7. The van der Waals surface area contributed by atoms with E-state index in [1.165, 1.54) is 6.08 Å². The first kappa shape index (κ1) is 17.2. The Kier molecular flexibility index (Phi) is 3.52. The van der Waals surface area contributed by atoms with E-state index < -0.39 is 28.1 Å². The largest absolute Gasteiger partial charge is 0.540 e. The molecule has 23 heavy (non-hydrogen) atoms. The highest BCUT2D eigenvalue weighted by Gasteiger charge is 2.72. The van der Waals surface area contributed by atoms with Crippen LogP contribution in [0.1, 0.15) is 48.5 Å². The number of ketones is 2. The Bertz CT molecular complexity index is 728. The summed E-state index contributed by atoms with van der Waals surface area (Å²) in [4.78, 5) is 36.9. The van der Waals surface area contributed by atoms with Gasteiger partial charge in [-0.15, -0.1) is 0 Å². The van der Waals surface area contributed by atoms with Crippen LogP contribution in [-0.4, -0.2) is 43.2 Å². The van der Waals surface area contributed by atoms with Crippen molar-refractivity contribution < 1.29 is 24.3 Å². The first-order valence-corrected chi connectivity index (χ1v) is 7.59. The maximum absolute atomic E-state index is 12.7. The van der Waals surface area contributed by atoms with Crippen molar-refractivity contribution >= 4 is 17.4 Å². The van der Waals surface area contributed by atoms with E-state index in [2.05, 4.69) is 0 Å². The van der Waals surface area contributed by atoms with E-state index in [1.807, 2.05) is 20.8 Å². The number of carbonyl (C=O) groups excluding carboxylic acids is 2.